The molecule has 1 aromatic heterocycles. The number of sulfonamides is 1. The summed E-state index contributed by atoms with van der Waals surface area (Å²) >= 11 is 0. The van der Waals surface area contributed by atoms with E-state index in [0.29, 0.717) is 11.3 Å². The van der Waals surface area contributed by atoms with Crippen LogP contribution in [0.25, 0.3) is 11.0 Å². The smallest absolute Gasteiger partial charge is 0.338 e. The highest BCUT2D eigenvalue weighted by molar-refractivity contribution is 7.92. The number of Topliss-reactive ketones (excluding diaryl/α,β-unsaturated/α-hetero) is 1. The van der Waals surface area contributed by atoms with Crippen molar-refractivity contribution in [3.63, 3.8) is 0 Å². The van der Waals surface area contributed by atoms with E-state index >= 15 is 0 Å². The van der Waals surface area contributed by atoms with Crippen LogP contribution in [0.3, 0.4) is 0 Å². The molecule has 0 bridgehead atoms. The summed E-state index contributed by atoms with van der Waals surface area (Å²) in [4.78, 5) is 24.7. The van der Waals surface area contributed by atoms with Gasteiger partial charge in [-0.15, -0.1) is 0 Å². The maximum atomic E-state index is 12.8. The SMILES string of the molecule is COc1ccccc1NS(=O)(=O)c1cccc(C(=O)OCC(=O)c2cc3ccccc3o2)c1. The van der Waals surface area contributed by atoms with Crippen LogP contribution in [0.2, 0.25) is 0 Å². The highest BCUT2D eigenvalue weighted by Crippen LogP contribution is 2.26. The van der Waals surface area contributed by atoms with Gasteiger partial charge in [0.05, 0.1) is 23.3 Å². The van der Waals surface area contributed by atoms with Crippen molar-refractivity contribution < 1.29 is 31.9 Å². The molecule has 0 atom stereocenters. The van der Waals surface area contributed by atoms with Gasteiger partial charge in [0.1, 0.15) is 11.3 Å². The Hall–Kier alpha value is -4.11. The molecule has 168 valence electrons. The molecule has 0 aliphatic rings. The second kappa shape index (κ2) is 9.17. The zero-order chi connectivity index (χ0) is 23.4. The van der Waals surface area contributed by atoms with Gasteiger partial charge in [-0.1, -0.05) is 36.4 Å². The minimum atomic E-state index is -4.01. The Labute approximate surface area is 189 Å². The van der Waals surface area contributed by atoms with Crippen LogP contribution in [-0.4, -0.2) is 33.9 Å². The Bertz CT molecular complexity index is 1410. The molecule has 1 heterocycles. The van der Waals surface area contributed by atoms with E-state index in [9.17, 15) is 18.0 Å². The summed E-state index contributed by atoms with van der Waals surface area (Å²) < 4.78 is 43.7. The Morgan fingerprint density at radius 1 is 0.939 bits per heavy atom. The maximum absolute atomic E-state index is 12.8. The number of para-hydroxylation sites is 3. The number of esters is 1. The molecule has 0 unspecified atom stereocenters. The van der Waals surface area contributed by atoms with Crippen molar-refractivity contribution in [1.82, 2.24) is 0 Å². The highest BCUT2D eigenvalue weighted by Gasteiger charge is 2.20. The topological polar surface area (TPSA) is 112 Å². The van der Waals surface area contributed by atoms with Gasteiger partial charge in [0.25, 0.3) is 10.0 Å². The fraction of sp³-hybridized carbons (Fsp3) is 0.0833. The Balaban J connectivity index is 1.46. The number of carbonyl (C=O) groups is 2. The van der Waals surface area contributed by atoms with Crippen LogP contribution in [0.15, 0.2) is 88.2 Å². The van der Waals surface area contributed by atoms with E-state index in [2.05, 4.69) is 4.72 Å². The maximum Gasteiger partial charge on any atom is 0.338 e. The van der Waals surface area contributed by atoms with Gasteiger partial charge in [0.15, 0.2) is 12.4 Å². The zero-order valence-corrected chi connectivity index (χ0v) is 18.3. The van der Waals surface area contributed by atoms with Gasteiger partial charge >= 0.3 is 5.97 Å². The number of hydrogen-bond donors (Lipinski definition) is 1. The second-order valence-electron chi connectivity index (χ2n) is 6.98. The van der Waals surface area contributed by atoms with Crippen LogP contribution in [0.5, 0.6) is 5.75 Å². The van der Waals surface area contributed by atoms with Crippen LogP contribution in [-0.2, 0) is 14.8 Å². The monoisotopic (exact) mass is 465 g/mol. The number of methoxy groups -OCH3 is 1. The van der Waals surface area contributed by atoms with E-state index in [1.165, 1.54) is 31.4 Å². The molecule has 0 spiro atoms. The Morgan fingerprint density at radius 2 is 1.70 bits per heavy atom. The molecule has 1 N–H and O–H groups in total. The largest absolute Gasteiger partial charge is 0.495 e. The summed E-state index contributed by atoms with van der Waals surface area (Å²) in [7, 11) is -2.58. The lowest BCUT2D eigenvalue weighted by molar-refractivity contribution is 0.0468. The van der Waals surface area contributed by atoms with Crippen LogP contribution in [0.1, 0.15) is 20.9 Å². The summed E-state index contributed by atoms with van der Waals surface area (Å²) in [6, 6.07) is 20.6. The first kappa shape index (κ1) is 22.1. The molecule has 9 heteroatoms. The molecule has 0 aliphatic carbocycles. The van der Waals surface area contributed by atoms with Gasteiger partial charge in [-0.05, 0) is 42.5 Å². The number of carbonyl (C=O) groups excluding carboxylic acids is 2. The number of fused-ring (bicyclic) bond motifs is 1. The number of benzene rings is 3. The van der Waals surface area contributed by atoms with Gasteiger partial charge in [0.2, 0.25) is 5.78 Å². The van der Waals surface area contributed by atoms with Gasteiger partial charge in [0, 0.05) is 5.39 Å². The number of furan rings is 1. The fourth-order valence-corrected chi connectivity index (χ4v) is 4.24. The lowest BCUT2D eigenvalue weighted by atomic mass is 10.2. The molecule has 4 rings (SSSR count). The van der Waals surface area contributed by atoms with E-state index in [1.807, 2.05) is 6.07 Å². The van der Waals surface area contributed by atoms with Crippen molar-refractivity contribution in [1.29, 1.82) is 0 Å². The van der Waals surface area contributed by atoms with E-state index in [-0.39, 0.29) is 21.9 Å². The van der Waals surface area contributed by atoms with E-state index < -0.39 is 28.4 Å². The number of ketones is 1. The number of rotatable bonds is 8. The molecule has 3 aromatic carbocycles. The van der Waals surface area contributed by atoms with Crippen molar-refractivity contribution in [2.75, 3.05) is 18.4 Å². The normalized spacial score (nSPS) is 11.2. The van der Waals surface area contributed by atoms with Crippen LogP contribution >= 0.6 is 0 Å². The summed E-state index contributed by atoms with van der Waals surface area (Å²) in [6.07, 6.45) is 0. The third-order valence-corrected chi connectivity index (χ3v) is 6.13. The van der Waals surface area contributed by atoms with Crippen molar-refractivity contribution in [2.24, 2.45) is 0 Å². The summed E-state index contributed by atoms with van der Waals surface area (Å²) in [5.41, 5.74) is 0.785. The predicted octanol–water partition coefficient (Wildman–Crippen LogP) is 4.28. The van der Waals surface area contributed by atoms with Crippen molar-refractivity contribution >= 4 is 38.4 Å². The molecular formula is C24H19NO7S. The second-order valence-corrected chi connectivity index (χ2v) is 8.66. The quantitative estimate of drug-likeness (QED) is 0.305. The van der Waals surface area contributed by atoms with Crippen LogP contribution in [0.4, 0.5) is 5.69 Å². The van der Waals surface area contributed by atoms with Gasteiger partial charge in [-0.3, -0.25) is 9.52 Å². The molecule has 0 fully saturated rings. The highest BCUT2D eigenvalue weighted by atomic mass is 32.2. The number of nitrogens with one attached hydrogen (secondary N) is 1. The molecular weight excluding hydrogens is 446 g/mol. The van der Waals surface area contributed by atoms with Gasteiger partial charge < -0.3 is 13.9 Å². The minimum absolute atomic E-state index is 0.0182. The Kier molecular flexibility index (Phi) is 6.14. The van der Waals surface area contributed by atoms with Crippen LogP contribution < -0.4 is 9.46 Å². The lowest BCUT2D eigenvalue weighted by Gasteiger charge is -2.12. The van der Waals surface area contributed by atoms with Gasteiger partial charge in [-0.2, -0.15) is 0 Å². The number of hydrogen-bond acceptors (Lipinski definition) is 7. The average Bonchev–Trinajstić information content (AvgIpc) is 3.27. The van der Waals surface area contributed by atoms with Crippen LogP contribution in [0, 0.1) is 0 Å². The number of anilines is 1. The lowest BCUT2D eigenvalue weighted by Crippen LogP contribution is -2.16. The Morgan fingerprint density at radius 3 is 2.48 bits per heavy atom. The van der Waals surface area contributed by atoms with E-state index in [1.54, 1.807) is 48.5 Å². The van der Waals surface area contributed by atoms with E-state index in [0.717, 1.165) is 5.39 Å². The molecule has 0 radical (unpaired) electrons. The summed E-state index contributed by atoms with van der Waals surface area (Å²) in [6.45, 7) is -0.547. The standard InChI is InChI=1S/C24H19NO7S/c1-30-22-12-5-3-10-19(22)25-33(28,29)18-9-6-8-17(13-18)24(27)31-15-20(26)23-14-16-7-2-4-11-21(16)32-23/h2-14,25H,15H2,1H3. The average molecular weight is 465 g/mol. The molecule has 8 nitrogen and oxygen atoms in total. The van der Waals surface area contributed by atoms with E-state index in [4.69, 9.17) is 13.9 Å². The van der Waals surface area contributed by atoms with Crippen molar-refractivity contribution in [2.45, 2.75) is 4.90 Å². The van der Waals surface area contributed by atoms with Gasteiger partial charge in [-0.25, -0.2) is 13.2 Å². The first-order valence-electron chi connectivity index (χ1n) is 9.82. The predicted molar refractivity (Wildman–Crippen MR) is 121 cm³/mol. The molecule has 0 aliphatic heterocycles. The molecule has 4 aromatic rings. The molecule has 0 saturated heterocycles. The van der Waals surface area contributed by atoms with Crippen molar-refractivity contribution in [3.8, 4) is 5.75 Å². The zero-order valence-electron chi connectivity index (χ0n) is 17.5. The third kappa shape index (κ3) is 4.88. The van der Waals surface area contributed by atoms with Crippen molar-refractivity contribution in [3.05, 3.63) is 90.2 Å². The molecule has 33 heavy (non-hydrogen) atoms. The summed E-state index contributed by atoms with van der Waals surface area (Å²) in [5.74, 6) is -0.933. The molecule has 0 saturated carbocycles. The number of ether oxygens (including phenoxy) is 2. The first-order valence-corrected chi connectivity index (χ1v) is 11.3. The fourth-order valence-electron chi connectivity index (χ4n) is 3.13. The third-order valence-electron chi connectivity index (χ3n) is 4.77. The molecule has 0 amide bonds. The minimum Gasteiger partial charge on any atom is -0.495 e. The summed E-state index contributed by atoms with van der Waals surface area (Å²) in [5, 5.41) is 0.757. The first-order chi connectivity index (χ1) is 15.9.